The second-order valence-electron chi connectivity index (χ2n) is 6.17. The van der Waals surface area contributed by atoms with Crippen LogP contribution in [0.5, 0.6) is 11.5 Å². The number of aromatic nitrogens is 1. The van der Waals surface area contributed by atoms with E-state index in [9.17, 15) is 5.11 Å². The van der Waals surface area contributed by atoms with Crippen LogP contribution < -0.4 is 4.74 Å². The number of phenolic OH excluding ortho intramolecular Hbond substituents is 1. The van der Waals surface area contributed by atoms with Gasteiger partial charge in [0.2, 0.25) is 0 Å². The van der Waals surface area contributed by atoms with Crippen LogP contribution in [0.15, 0.2) is 73.1 Å². The van der Waals surface area contributed by atoms with Gasteiger partial charge in [-0.1, -0.05) is 18.2 Å². The molecule has 0 amide bonds. The second kappa shape index (κ2) is 5.51. The van der Waals surface area contributed by atoms with Gasteiger partial charge in [0.25, 0.3) is 0 Å². The quantitative estimate of drug-likeness (QED) is 0.763. The Morgan fingerprint density at radius 1 is 0.913 bits per heavy atom. The van der Waals surface area contributed by atoms with Crippen molar-refractivity contribution in [3.8, 4) is 17.2 Å². The van der Waals surface area contributed by atoms with Gasteiger partial charge in [-0.15, -0.1) is 0 Å². The molecule has 3 aromatic rings. The Bertz CT molecular complexity index is 787. The van der Waals surface area contributed by atoms with Crippen molar-refractivity contribution in [3.63, 3.8) is 0 Å². The summed E-state index contributed by atoms with van der Waals surface area (Å²) in [5.74, 6) is 1.24. The zero-order valence-corrected chi connectivity index (χ0v) is 12.9. The monoisotopic (exact) mass is 305 g/mol. The molecule has 116 valence electrons. The molecule has 1 saturated carbocycles. The predicted octanol–water partition coefficient (Wildman–Crippen LogP) is 4.29. The van der Waals surface area contributed by atoms with Crippen molar-refractivity contribution in [2.45, 2.75) is 18.3 Å². The van der Waals surface area contributed by atoms with Gasteiger partial charge < -0.3 is 14.4 Å². The molecule has 1 heterocycles. The van der Waals surface area contributed by atoms with E-state index in [1.54, 1.807) is 6.07 Å². The molecule has 3 nitrogen and oxygen atoms in total. The molecule has 1 aromatic heterocycles. The minimum atomic E-state index is -0.0234. The van der Waals surface area contributed by atoms with E-state index in [-0.39, 0.29) is 5.41 Å². The van der Waals surface area contributed by atoms with E-state index in [4.69, 9.17) is 4.74 Å². The van der Waals surface area contributed by atoms with Crippen LogP contribution in [0.2, 0.25) is 0 Å². The molecule has 1 aliphatic rings. The Hall–Kier alpha value is -2.68. The van der Waals surface area contributed by atoms with Gasteiger partial charge >= 0.3 is 0 Å². The number of nitrogens with zero attached hydrogens (tertiary/aromatic N) is 1. The summed E-state index contributed by atoms with van der Waals surface area (Å²) < 4.78 is 8.06. The molecule has 23 heavy (non-hydrogen) atoms. The molecule has 3 heteroatoms. The molecule has 0 atom stereocenters. The maximum Gasteiger partial charge on any atom is 0.119 e. The highest BCUT2D eigenvalue weighted by molar-refractivity contribution is 5.43. The number of hydrogen-bond acceptors (Lipinski definition) is 2. The summed E-state index contributed by atoms with van der Waals surface area (Å²) in [6.07, 6.45) is 6.17. The van der Waals surface area contributed by atoms with E-state index in [0.717, 1.165) is 29.8 Å². The average molecular weight is 305 g/mol. The molecule has 0 unspecified atom stereocenters. The lowest BCUT2D eigenvalue weighted by Crippen LogP contribution is -2.17. The fourth-order valence-corrected chi connectivity index (χ4v) is 3.01. The predicted molar refractivity (Wildman–Crippen MR) is 90.3 cm³/mol. The maximum atomic E-state index is 10.1. The van der Waals surface area contributed by atoms with Crippen molar-refractivity contribution >= 4 is 0 Å². The Kier molecular flexibility index (Phi) is 3.34. The van der Waals surface area contributed by atoms with Crippen molar-refractivity contribution in [2.24, 2.45) is 0 Å². The van der Waals surface area contributed by atoms with Gasteiger partial charge in [-0.3, -0.25) is 0 Å². The topological polar surface area (TPSA) is 34.4 Å². The van der Waals surface area contributed by atoms with Crippen molar-refractivity contribution in [1.29, 1.82) is 0 Å². The number of benzene rings is 2. The molecule has 4 rings (SSSR count). The maximum absolute atomic E-state index is 10.1. The van der Waals surface area contributed by atoms with Gasteiger partial charge in [-0.25, -0.2) is 0 Å². The fourth-order valence-electron chi connectivity index (χ4n) is 3.01. The van der Waals surface area contributed by atoms with Crippen LogP contribution in [-0.4, -0.2) is 16.3 Å². The number of hydrogen-bond donors (Lipinski definition) is 1. The second-order valence-corrected chi connectivity index (χ2v) is 6.17. The summed E-state index contributed by atoms with van der Waals surface area (Å²) in [4.78, 5) is 0. The first kappa shape index (κ1) is 13.9. The van der Waals surface area contributed by atoms with E-state index in [2.05, 4.69) is 16.7 Å². The smallest absolute Gasteiger partial charge is 0.119 e. The van der Waals surface area contributed by atoms with E-state index in [1.165, 1.54) is 0 Å². The third-order valence-electron chi connectivity index (χ3n) is 4.58. The van der Waals surface area contributed by atoms with Gasteiger partial charge in [0, 0.05) is 29.1 Å². The number of aromatic hydroxyl groups is 1. The Morgan fingerprint density at radius 2 is 1.61 bits per heavy atom. The lowest BCUT2D eigenvalue weighted by molar-refractivity contribution is 0.274. The first-order chi connectivity index (χ1) is 11.3. The normalized spacial score (nSPS) is 15.3. The van der Waals surface area contributed by atoms with Crippen molar-refractivity contribution in [3.05, 3.63) is 78.6 Å². The first-order valence-electron chi connectivity index (χ1n) is 7.92. The Balaban J connectivity index is 1.46. The third kappa shape index (κ3) is 2.70. The summed E-state index contributed by atoms with van der Waals surface area (Å²) in [6, 6.07) is 19.7. The third-order valence-corrected chi connectivity index (χ3v) is 4.58. The molecule has 0 spiro atoms. The molecule has 0 saturated heterocycles. The molecule has 1 aliphatic carbocycles. The summed E-state index contributed by atoms with van der Waals surface area (Å²) >= 11 is 0. The number of ether oxygens (including phenoxy) is 1. The molecule has 0 bridgehead atoms. The van der Waals surface area contributed by atoms with E-state index in [1.807, 2.05) is 54.9 Å². The number of phenols is 1. The fraction of sp³-hybridized carbons (Fsp3) is 0.200. The minimum absolute atomic E-state index is 0.0234. The van der Waals surface area contributed by atoms with Crippen LogP contribution in [0.1, 0.15) is 18.4 Å². The number of para-hydroxylation sites is 1. The van der Waals surface area contributed by atoms with Gasteiger partial charge in [-0.2, -0.15) is 0 Å². The SMILES string of the molecule is Oc1ccccc1C1(COc2ccc(-n3cccc3)cc2)CC1. The summed E-state index contributed by atoms with van der Waals surface area (Å²) in [6.45, 7) is 0.605. The number of rotatable bonds is 5. The first-order valence-corrected chi connectivity index (χ1v) is 7.92. The lowest BCUT2D eigenvalue weighted by Gasteiger charge is -2.18. The zero-order chi connectivity index (χ0) is 15.7. The molecular formula is C20H19NO2. The molecular weight excluding hydrogens is 286 g/mol. The Morgan fingerprint density at radius 3 is 2.26 bits per heavy atom. The van der Waals surface area contributed by atoms with Crippen LogP contribution >= 0.6 is 0 Å². The van der Waals surface area contributed by atoms with Crippen LogP contribution in [0, 0.1) is 0 Å². The van der Waals surface area contributed by atoms with Crippen molar-refractivity contribution < 1.29 is 9.84 Å². The standard InChI is InChI=1S/C20H19NO2/c22-19-6-2-1-5-18(19)20(11-12-20)15-23-17-9-7-16(8-10-17)21-13-3-4-14-21/h1-10,13-14,22H,11-12,15H2. The van der Waals surface area contributed by atoms with E-state index >= 15 is 0 Å². The molecule has 2 aromatic carbocycles. The minimum Gasteiger partial charge on any atom is -0.508 e. The van der Waals surface area contributed by atoms with Crippen LogP contribution in [-0.2, 0) is 5.41 Å². The molecule has 0 aliphatic heterocycles. The Labute approximate surface area is 135 Å². The van der Waals surface area contributed by atoms with Crippen LogP contribution in [0.3, 0.4) is 0 Å². The lowest BCUT2D eigenvalue weighted by atomic mass is 9.96. The highest BCUT2D eigenvalue weighted by atomic mass is 16.5. The molecule has 0 radical (unpaired) electrons. The van der Waals surface area contributed by atoms with Crippen LogP contribution in [0.25, 0.3) is 5.69 Å². The largest absolute Gasteiger partial charge is 0.508 e. The average Bonchev–Trinajstić information content (AvgIpc) is 3.17. The van der Waals surface area contributed by atoms with Gasteiger partial charge in [0.05, 0.1) is 6.61 Å². The summed E-state index contributed by atoms with van der Waals surface area (Å²) in [5.41, 5.74) is 2.10. The van der Waals surface area contributed by atoms with Crippen molar-refractivity contribution in [1.82, 2.24) is 4.57 Å². The molecule has 1 fully saturated rings. The highest BCUT2D eigenvalue weighted by Crippen LogP contribution is 2.51. The highest BCUT2D eigenvalue weighted by Gasteiger charge is 2.46. The van der Waals surface area contributed by atoms with E-state index < -0.39 is 0 Å². The van der Waals surface area contributed by atoms with E-state index in [0.29, 0.717) is 12.4 Å². The van der Waals surface area contributed by atoms with Gasteiger partial charge in [-0.05, 0) is 55.3 Å². The summed E-state index contributed by atoms with van der Waals surface area (Å²) in [7, 11) is 0. The molecule has 1 N–H and O–H groups in total. The van der Waals surface area contributed by atoms with Crippen LogP contribution in [0.4, 0.5) is 0 Å². The van der Waals surface area contributed by atoms with Gasteiger partial charge in [0.15, 0.2) is 0 Å². The van der Waals surface area contributed by atoms with Gasteiger partial charge in [0.1, 0.15) is 11.5 Å². The summed E-state index contributed by atoms with van der Waals surface area (Å²) in [5, 5.41) is 10.1. The van der Waals surface area contributed by atoms with Crippen molar-refractivity contribution in [2.75, 3.05) is 6.61 Å². The zero-order valence-electron chi connectivity index (χ0n) is 12.9.